The highest BCUT2D eigenvalue weighted by molar-refractivity contribution is 5.88. The molecule has 3 rings (SSSR count). The topological polar surface area (TPSA) is 60.2 Å². The fourth-order valence-corrected chi connectivity index (χ4v) is 2.31. The number of alkyl halides is 3. The second-order valence-electron chi connectivity index (χ2n) is 5.70. The van der Waals surface area contributed by atoms with Crippen molar-refractivity contribution in [3.63, 3.8) is 0 Å². The summed E-state index contributed by atoms with van der Waals surface area (Å²) in [6.07, 6.45) is -4.47. The summed E-state index contributed by atoms with van der Waals surface area (Å²) in [7, 11) is 0. The Morgan fingerprint density at radius 3 is 2.68 bits per heavy atom. The lowest BCUT2D eigenvalue weighted by Crippen LogP contribution is -2.46. The van der Waals surface area contributed by atoms with E-state index < -0.39 is 23.3 Å². The van der Waals surface area contributed by atoms with Crippen LogP contribution >= 0.6 is 0 Å². The standard InChI is InChI=1S/C13H13F3N4O2/c1-12(2)6-22-7-19(12)11(21)20-10-4-3-8(13(14,15)16)5-9(10)17-18-20/h3-5H,6-7H2,1-2H3. The van der Waals surface area contributed by atoms with Crippen molar-refractivity contribution in [2.45, 2.75) is 25.6 Å². The van der Waals surface area contributed by atoms with E-state index >= 15 is 0 Å². The fourth-order valence-electron chi connectivity index (χ4n) is 2.31. The number of benzene rings is 1. The first kappa shape index (κ1) is 14.8. The lowest BCUT2D eigenvalue weighted by Gasteiger charge is -2.28. The largest absolute Gasteiger partial charge is 0.416 e. The Labute approximate surface area is 123 Å². The van der Waals surface area contributed by atoms with E-state index in [-0.39, 0.29) is 17.8 Å². The van der Waals surface area contributed by atoms with Crippen molar-refractivity contribution in [3.8, 4) is 0 Å². The van der Waals surface area contributed by atoms with E-state index in [9.17, 15) is 18.0 Å². The van der Waals surface area contributed by atoms with Gasteiger partial charge in [0.25, 0.3) is 0 Å². The van der Waals surface area contributed by atoms with Gasteiger partial charge in [-0.2, -0.15) is 17.9 Å². The van der Waals surface area contributed by atoms with Crippen LogP contribution in [0.5, 0.6) is 0 Å². The minimum absolute atomic E-state index is 0.0149. The zero-order valence-corrected chi connectivity index (χ0v) is 11.9. The van der Waals surface area contributed by atoms with Gasteiger partial charge in [0.05, 0.1) is 23.2 Å². The first-order chi connectivity index (χ1) is 10.2. The van der Waals surface area contributed by atoms with Crippen molar-refractivity contribution in [2.24, 2.45) is 0 Å². The maximum Gasteiger partial charge on any atom is 0.416 e. The predicted octanol–water partition coefficient (Wildman–Crippen LogP) is 2.49. The van der Waals surface area contributed by atoms with Crippen LogP contribution < -0.4 is 0 Å². The zero-order valence-electron chi connectivity index (χ0n) is 11.9. The molecule has 0 bridgehead atoms. The highest BCUT2D eigenvalue weighted by Crippen LogP contribution is 2.31. The van der Waals surface area contributed by atoms with Crippen molar-refractivity contribution < 1.29 is 22.7 Å². The second kappa shape index (κ2) is 4.67. The number of halogens is 3. The van der Waals surface area contributed by atoms with Crippen molar-refractivity contribution in [3.05, 3.63) is 23.8 Å². The number of amides is 1. The normalized spacial score (nSPS) is 18.1. The van der Waals surface area contributed by atoms with Gasteiger partial charge in [0.15, 0.2) is 0 Å². The zero-order chi connectivity index (χ0) is 16.1. The summed E-state index contributed by atoms with van der Waals surface area (Å²) < 4.78 is 44.3. The molecule has 6 nitrogen and oxygen atoms in total. The van der Waals surface area contributed by atoms with Gasteiger partial charge in [-0.3, -0.25) is 4.90 Å². The van der Waals surface area contributed by atoms with Crippen molar-refractivity contribution >= 4 is 17.1 Å². The Morgan fingerprint density at radius 2 is 2.09 bits per heavy atom. The van der Waals surface area contributed by atoms with Gasteiger partial charge in [0, 0.05) is 0 Å². The van der Waals surface area contributed by atoms with Crippen LogP contribution in [0.2, 0.25) is 0 Å². The van der Waals surface area contributed by atoms with E-state index in [1.807, 2.05) is 13.8 Å². The van der Waals surface area contributed by atoms with Crippen LogP contribution in [-0.2, 0) is 10.9 Å². The summed E-state index contributed by atoms with van der Waals surface area (Å²) in [6, 6.07) is 2.49. The molecule has 0 atom stereocenters. The molecule has 0 aliphatic carbocycles. The smallest absolute Gasteiger partial charge is 0.359 e. The van der Waals surface area contributed by atoms with Crippen LogP contribution in [-0.4, -0.2) is 44.8 Å². The van der Waals surface area contributed by atoms with E-state index in [1.165, 1.54) is 11.0 Å². The molecule has 1 saturated heterocycles. The van der Waals surface area contributed by atoms with E-state index in [1.54, 1.807) is 0 Å². The van der Waals surface area contributed by atoms with Gasteiger partial charge in [-0.1, -0.05) is 5.21 Å². The maximum atomic E-state index is 12.7. The number of hydrogen-bond donors (Lipinski definition) is 0. The fraction of sp³-hybridized carbons (Fsp3) is 0.462. The molecule has 0 N–H and O–H groups in total. The molecule has 1 aliphatic heterocycles. The van der Waals surface area contributed by atoms with Gasteiger partial charge in [-0.05, 0) is 32.0 Å². The first-order valence-corrected chi connectivity index (χ1v) is 6.52. The number of carbonyl (C=O) groups is 1. The molecule has 1 aliphatic rings. The lowest BCUT2D eigenvalue weighted by atomic mass is 10.1. The Bertz CT molecular complexity index is 738. The second-order valence-corrected chi connectivity index (χ2v) is 5.70. The highest BCUT2D eigenvalue weighted by Gasteiger charge is 2.38. The van der Waals surface area contributed by atoms with Crippen LogP contribution in [0, 0.1) is 0 Å². The average molecular weight is 314 g/mol. The molecule has 22 heavy (non-hydrogen) atoms. The van der Waals surface area contributed by atoms with Crippen LogP contribution in [0.25, 0.3) is 11.0 Å². The van der Waals surface area contributed by atoms with Gasteiger partial charge in [-0.25, -0.2) is 4.79 Å². The summed E-state index contributed by atoms with van der Waals surface area (Å²) in [5.41, 5.74) is -1.10. The molecule has 1 fully saturated rings. The van der Waals surface area contributed by atoms with E-state index in [0.717, 1.165) is 16.8 Å². The minimum Gasteiger partial charge on any atom is -0.359 e. The third-order valence-corrected chi connectivity index (χ3v) is 3.59. The Morgan fingerprint density at radius 1 is 1.36 bits per heavy atom. The van der Waals surface area contributed by atoms with Crippen molar-refractivity contribution in [1.82, 2.24) is 19.9 Å². The molecule has 1 aromatic heterocycles. The van der Waals surface area contributed by atoms with Crippen LogP contribution in [0.4, 0.5) is 18.0 Å². The third kappa shape index (κ3) is 2.31. The molecule has 0 unspecified atom stereocenters. The molecule has 0 spiro atoms. The minimum atomic E-state index is -4.47. The third-order valence-electron chi connectivity index (χ3n) is 3.59. The molecular weight excluding hydrogens is 301 g/mol. The van der Waals surface area contributed by atoms with Crippen LogP contribution in [0.3, 0.4) is 0 Å². The first-order valence-electron chi connectivity index (χ1n) is 6.52. The highest BCUT2D eigenvalue weighted by atomic mass is 19.4. The Hall–Kier alpha value is -2.16. The number of rotatable bonds is 0. The van der Waals surface area contributed by atoms with Crippen LogP contribution in [0.1, 0.15) is 19.4 Å². The Balaban J connectivity index is 2.00. The molecule has 0 radical (unpaired) electrons. The van der Waals surface area contributed by atoms with Gasteiger partial charge < -0.3 is 4.74 Å². The van der Waals surface area contributed by atoms with Crippen molar-refractivity contribution in [1.29, 1.82) is 0 Å². The molecule has 2 aromatic rings. The molecule has 1 aromatic carbocycles. The molecule has 1 amide bonds. The van der Waals surface area contributed by atoms with Gasteiger partial charge in [0.1, 0.15) is 12.2 Å². The van der Waals surface area contributed by atoms with Gasteiger partial charge >= 0.3 is 12.2 Å². The van der Waals surface area contributed by atoms with Crippen LogP contribution in [0.15, 0.2) is 18.2 Å². The number of ether oxygens (including phenoxy) is 1. The molecule has 118 valence electrons. The average Bonchev–Trinajstić information content (AvgIpc) is 2.99. The number of carbonyl (C=O) groups excluding carboxylic acids is 1. The SMILES string of the molecule is CC1(C)COCN1C(=O)n1nnc2cc(C(F)(F)F)ccc21. The number of hydrogen-bond acceptors (Lipinski definition) is 4. The van der Waals surface area contributed by atoms with Crippen molar-refractivity contribution in [2.75, 3.05) is 13.3 Å². The Kier molecular flexibility index (Phi) is 3.13. The lowest BCUT2D eigenvalue weighted by molar-refractivity contribution is -0.137. The molecule has 2 heterocycles. The molecule has 0 saturated carbocycles. The summed E-state index contributed by atoms with van der Waals surface area (Å²) in [4.78, 5) is 14.0. The number of nitrogens with zero attached hydrogens (tertiary/aromatic N) is 4. The maximum absolute atomic E-state index is 12.7. The van der Waals surface area contributed by atoms with E-state index in [0.29, 0.717) is 6.61 Å². The number of fused-ring (bicyclic) bond motifs is 1. The summed E-state index contributed by atoms with van der Waals surface area (Å²) in [5.74, 6) is 0. The molecule has 9 heteroatoms. The molecular formula is C13H13F3N4O2. The monoisotopic (exact) mass is 314 g/mol. The van der Waals surface area contributed by atoms with Gasteiger partial charge in [0.2, 0.25) is 0 Å². The quantitative estimate of drug-likeness (QED) is 0.749. The van der Waals surface area contributed by atoms with E-state index in [2.05, 4.69) is 10.3 Å². The summed E-state index contributed by atoms with van der Waals surface area (Å²) >= 11 is 0. The van der Waals surface area contributed by atoms with Gasteiger partial charge in [-0.15, -0.1) is 5.10 Å². The summed E-state index contributed by atoms with van der Waals surface area (Å²) in [6.45, 7) is 4.15. The summed E-state index contributed by atoms with van der Waals surface area (Å²) in [5, 5.41) is 7.34. The predicted molar refractivity (Wildman–Crippen MR) is 70.1 cm³/mol. The number of aromatic nitrogens is 3. The van der Waals surface area contributed by atoms with E-state index in [4.69, 9.17) is 4.74 Å².